The highest BCUT2D eigenvalue weighted by molar-refractivity contribution is 5.31. The second kappa shape index (κ2) is 5.80. The summed E-state index contributed by atoms with van der Waals surface area (Å²) in [5.74, 6) is 0.822. The zero-order chi connectivity index (χ0) is 13.9. The molecule has 0 spiro atoms. The Morgan fingerprint density at radius 1 is 1.05 bits per heavy atom. The van der Waals surface area contributed by atoms with Crippen LogP contribution in [0.4, 0.5) is 0 Å². The molecule has 1 atom stereocenters. The predicted octanol–water partition coefficient (Wildman–Crippen LogP) is 4.54. The normalized spacial score (nSPS) is 16.1. The lowest BCUT2D eigenvalue weighted by Crippen LogP contribution is -2.23. The molecule has 1 N–H and O–H groups in total. The highest BCUT2D eigenvalue weighted by atomic mass is 14.9. The first-order valence-electron chi connectivity index (χ1n) is 7.58. The Morgan fingerprint density at radius 3 is 2.50 bits per heavy atom. The number of rotatable bonds is 5. The van der Waals surface area contributed by atoms with Gasteiger partial charge in [0.2, 0.25) is 0 Å². The first-order chi connectivity index (χ1) is 9.74. The maximum Gasteiger partial charge on any atom is 0.0351 e. The molecule has 0 saturated heterocycles. The molecule has 0 heterocycles. The van der Waals surface area contributed by atoms with Crippen molar-refractivity contribution in [2.45, 2.75) is 39.3 Å². The van der Waals surface area contributed by atoms with Crippen LogP contribution in [-0.2, 0) is 6.54 Å². The van der Waals surface area contributed by atoms with E-state index in [4.69, 9.17) is 0 Å². The highest BCUT2D eigenvalue weighted by Gasteiger charge is 2.31. The third-order valence-corrected chi connectivity index (χ3v) is 4.27. The molecule has 0 aliphatic heterocycles. The maximum atomic E-state index is 3.78. The quantitative estimate of drug-likeness (QED) is 0.836. The lowest BCUT2D eigenvalue weighted by Gasteiger charge is -2.20. The van der Waals surface area contributed by atoms with Crippen LogP contribution < -0.4 is 5.32 Å². The SMILES string of the molecule is Cc1ccc(C)c(CNC(c2ccccc2)C2CC2)c1. The second-order valence-electron chi connectivity index (χ2n) is 6.04. The fourth-order valence-electron chi connectivity index (χ4n) is 2.86. The number of hydrogen-bond acceptors (Lipinski definition) is 1. The van der Waals surface area contributed by atoms with Gasteiger partial charge in [-0.05, 0) is 49.3 Å². The maximum absolute atomic E-state index is 3.78. The molecule has 2 aromatic rings. The smallest absolute Gasteiger partial charge is 0.0351 e. The van der Waals surface area contributed by atoms with Gasteiger partial charge in [-0.15, -0.1) is 0 Å². The van der Waals surface area contributed by atoms with Crippen LogP contribution in [0.3, 0.4) is 0 Å². The van der Waals surface area contributed by atoms with Gasteiger partial charge < -0.3 is 5.32 Å². The molecule has 1 unspecified atom stereocenters. The second-order valence-corrected chi connectivity index (χ2v) is 6.04. The average Bonchev–Trinajstić information content (AvgIpc) is 3.29. The lowest BCUT2D eigenvalue weighted by atomic mass is 10.0. The minimum Gasteiger partial charge on any atom is -0.306 e. The van der Waals surface area contributed by atoms with Gasteiger partial charge in [0.05, 0.1) is 0 Å². The van der Waals surface area contributed by atoms with E-state index in [2.05, 4.69) is 67.7 Å². The van der Waals surface area contributed by atoms with Crippen LogP contribution >= 0.6 is 0 Å². The van der Waals surface area contributed by atoms with Crippen molar-refractivity contribution in [2.24, 2.45) is 5.92 Å². The summed E-state index contributed by atoms with van der Waals surface area (Å²) < 4.78 is 0. The predicted molar refractivity (Wildman–Crippen MR) is 84.7 cm³/mol. The third kappa shape index (κ3) is 3.10. The number of nitrogens with one attached hydrogen (secondary N) is 1. The Hall–Kier alpha value is -1.60. The summed E-state index contributed by atoms with van der Waals surface area (Å²) in [7, 11) is 0. The summed E-state index contributed by atoms with van der Waals surface area (Å²) in [6.45, 7) is 5.33. The van der Waals surface area contributed by atoms with E-state index in [-0.39, 0.29) is 0 Å². The molecular formula is C19H23N. The number of benzene rings is 2. The molecule has 2 aromatic carbocycles. The molecule has 104 valence electrons. The molecule has 1 aliphatic rings. The van der Waals surface area contributed by atoms with Crippen LogP contribution in [0.2, 0.25) is 0 Å². The zero-order valence-electron chi connectivity index (χ0n) is 12.4. The van der Waals surface area contributed by atoms with Crippen LogP contribution in [0, 0.1) is 19.8 Å². The summed E-state index contributed by atoms with van der Waals surface area (Å²) >= 11 is 0. The molecule has 1 heteroatoms. The van der Waals surface area contributed by atoms with Crippen molar-refractivity contribution in [1.29, 1.82) is 0 Å². The molecule has 0 radical (unpaired) electrons. The summed E-state index contributed by atoms with van der Waals surface area (Å²) in [5, 5.41) is 3.78. The largest absolute Gasteiger partial charge is 0.306 e. The molecule has 0 aromatic heterocycles. The van der Waals surface area contributed by atoms with E-state index in [1.165, 1.54) is 35.1 Å². The molecule has 1 nitrogen and oxygen atoms in total. The van der Waals surface area contributed by atoms with Crippen LogP contribution in [0.25, 0.3) is 0 Å². The van der Waals surface area contributed by atoms with Crippen molar-refractivity contribution >= 4 is 0 Å². The average molecular weight is 265 g/mol. The van der Waals surface area contributed by atoms with Gasteiger partial charge in [0.25, 0.3) is 0 Å². The van der Waals surface area contributed by atoms with Gasteiger partial charge >= 0.3 is 0 Å². The summed E-state index contributed by atoms with van der Waals surface area (Å²) in [6, 6.07) is 18.1. The van der Waals surface area contributed by atoms with E-state index in [0.717, 1.165) is 12.5 Å². The van der Waals surface area contributed by atoms with Crippen molar-refractivity contribution in [3.8, 4) is 0 Å². The Balaban J connectivity index is 1.73. The summed E-state index contributed by atoms with van der Waals surface area (Å²) in [4.78, 5) is 0. The molecule has 1 aliphatic carbocycles. The molecule has 20 heavy (non-hydrogen) atoms. The lowest BCUT2D eigenvalue weighted by molar-refractivity contribution is 0.479. The Bertz CT molecular complexity index is 570. The molecule has 3 rings (SSSR count). The van der Waals surface area contributed by atoms with Crippen LogP contribution in [0.1, 0.15) is 41.1 Å². The Labute approximate surface area is 122 Å². The van der Waals surface area contributed by atoms with E-state index in [0.29, 0.717) is 6.04 Å². The molecule has 0 amide bonds. The van der Waals surface area contributed by atoms with Crippen LogP contribution in [0.5, 0.6) is 0 Å². The molecule has 0 bridgehead atoms. The molecule has 1 saturated carbocycles. The van der Waals surface area contributed by atoms with Crippen LogP contribution in [-0.4, -0.2) is 0 Å². The van der Waals surface area contributed by atoms with Gasteiger partial charge in [-0.3, -0.25) is 0 Å². The number of hydrogen-bond donors (Lipinski definition) is 1. The van der Waals surface area contributed by atoms with E-state index in [1.807, 2.05) is 0 Å². The third-order valence-electron chi connectivity index (χ3n) is 4.27. The van der Waals surface area contributed by atoms with Crippen molar-refractivity contribution in [2.75, 3.05) is 0 Å². The highest BCUT2D eigenvalue weighted by Crippen LogP contribution is 2.41. The van der Waals surface area contributed by atoms with Crippen molar-refractivity contribution in [1.82, 2.24) is 5.32 Å². The first-order valence-corrected chi connectivity index (χ1v) is 7.58. The zero-order valence-corrected chi connectivity index (χ0v) is 12.4. The van der Waals surface area contributed by atoms with E-state index >= 15 is 0 Å². The van der Waals surface area contributed by atoms with E-state index < -0.39 is 0 Å². The summed E-state index contributed by atoms with van der Waals surface area (Å²) in [6.07, 6.45) is 2.72. The monoisotopic (exact) mass is 265 g/mol. The fraction of sp³-hybridized carbons (Fsp3) is 0.368. The van der Waals surface area contributed by atoms with Gasteiger partial charge in [-0.2, -0.15) is 0 Å². The Morgan fingerprint density at radius 2 is 1.80 bits per heavy atom. The van der Waals surface area contributed by atoms with Gasteiger partial charge in [-0.1, -0.05) is 54.1 Å². The minimum atomic E-state index is 0.510. The van der Waals surface area contributed by atoms with Gasteiger partial charge in [0.15, 0.2) is 0 Å². The number of aryl methyl sites for hydroxylation is 2. The van der Waals surface area contributed by atoms with E-state index in [1.54, 1.807) is 0 Å². The van der Waals surface area contributed by atoms with Gasteiger partial charge in [-0.25, -0.2) is 0 Å². The topological polar surface area (TPSA) is 12.0 Å². The van der Waals surface area contributed by atoms with E-state index in [9.17, 15) is 0 Å². The first kappa shape index (κ1) is 13.4. The molecule has 1 fully saturated rings. The van der Waals surface area contributed by atoms with Crippen molar-refractivity contribution < 1.29 is 0 Å². The summed E-state index contributed by atoms with van der Waals surface area (Å²) in [5.41, 5.74) is 5.58. The van der Waals surface area contributed by atoms with Crippen molar-refractivity contribution in [3.63, 3.8) is 0 Å². The van der Waals surface area contributed by atoms with Crippen LogP contribution in [0.15, 0.2) is 48.5 Å². The standard InChI is InChI=1S/C19H23N/c1-14-8-9-15(2)18(12-14)13-20-19(17-10-11-17)16-6-4-3-5-7-16/h3-9,12,17,19-20H,10-11,13H2,1-2H3. The van der Waals surface area contributed by atoms with Gasteiger partial charge in [0.1, 0.15) is 0 Å². The molecular weight excluding hydrogens is 242 g/mol. The van der Waals surface area contributed by atoms with Gasteiger partial charge in [0, 0.05) is 12.6 Å². The van der Waals surface area contributed by atoms with Crippen molar-refractivity contribution in [3.05, 3.63) is 70.8 Å². The minimum absolute atomic E-state index is 0.510. The Kier molecular flexibility index (Phi) is 3.88. The fourth-order valence-corrected chi connectivity index (χ4v) is 2.86.